The minimum Gasteiger partial charge on any atom is -0.341 e. The molecule has 2 N–H and O–H groups in total. The van der Waals surface area contributed by atoms with Crippen molar-refractivity contribution < 1.29 is 4.79 Å². The molecule has 20 heavy (non-hydrogen) atoms. The molecule has 0 radical (unpaired) electrons. The van der Waals surface area contributed by atoms with E-state index in [0.717, 1.165) is 12.8 Å². The van der Waals surface area contributed by atoms with Gasteiger partial charge in [0, 0.05) is 6.42 Å². The number of anilines is 1. The maximum Gasteiger partial charge on any atom is 0.233 e. The normalized spacial score (nSPS) is 10.9. The Labute approximate surface area is 122 Å². The SMILES string of the molecule is CCCCCCCC(=O)Nc1nc(Cl)c2[nH]cnc2n1. The van der Waals surface area contributed by atoms with Gasteiger partial charge in [-0.05, 0) is 6.42 Å². The Morgan fingerprint density at radius 1 is 1.30 bits per heavy atom. The Kier molecular flexibility index (Phi) is 5.29. The maximum absolute atomic E-state index is 11.8. The number of fused-ring (bicyclic) bond motifs is 1. The summed E-state index contributed by atoms with van der Waals surface area (Å²) in [5.74, 6) is 0.112. The van der Waals surface area contributed by atoms with E-state index < -0.39 is 0 Å². The van der Waals surface area contributed by atoms with Gasteiger partial charge < -0.3 is 4.98 Å². The lowest BCUT2D eigenvalue weighted by atomic mass is 10.1. The molecule has 0 aliphatic heterocycles. The molecule has 2 rings (SSSR count). The minimum absolute atomic E-state index is 0.0903. The number of nitrogens with one attached hydrogen (secondary N) is 2. The standard InChI is InChI=1S/C13H18ClN5O/c1-2-3-4-5-6-7-9(20)17-13-18-11(14)10-12(19-13)16-8-15-10/h8H,2-7H2,1H3,(H2,15,16,17,18,19,20). The van der Waals surface area contributed by atoms with E-state index in [-0.39, 0.29) is 17.0 Å². The Morgan fingerprint density at radius 3 is 2.90 bits per heavy atom. The largest absolute Gasteiger partial charge is 0.341 e. The molecule has 2 heterocycles. The van der Waals surface area contributed by atoms with E-state index in [1.165, 1.54) is 25.6 Å². The lowest BCUT2D eigenvalue weighted by Gasteiger charge is -2.04. The van der Waals surface area contributed by atoms with Gasteiger partial charge in [0.2, 0.25) is 11.9 Å². The summed E-state index contributed by atoms with van der Waals surface area (Å²) in [5, 5.41) is 2.91. The quantitative estimate of drug-likeness (QED) is 0.606. The number of H-pyrrole nitrogens is 1. The fourth-order valence-electron chi connectivity index (χ4n) is 1.93. The van der Waals surface area contributed by atoms with Gasteiger partial charge >= 0.3 is 0 Å². The Balaban J connectivity index is 1.86. The van der Waals surface area contributed by atoms with E-state index in [1.807, 2.05) is 0 Å². The zero-order valence-corrected chi connectivity index (χ0v) is 12.2. The summed E-state index contributed by atoms with van der Waals surface area (Å²) in [6.07, 6.45) is 7.50. The van der Waals surface area contributed by atoms with Crippen molar-refractivity contribution in [1.82, 2.24) is 19.9 Å². The van der Waals surface area contributed by atoms with Gasteiger partial charge in [-0.15, -0.1) is 0 Å². The number of carbonyl (C=O) groups excluding carboxylic acids is 1. The molecule has 1 amide bonds. The molecule has 108 valence electrons. The average molecular weight is 296 g/mol. The van der Waals surface area contributed by atoms with E-state index in [0.29, 0.717) is 17.6 Å². The summed E-state index contributed by atoms with van der Waals surface area (Å²) in [6.45, 7) is 2.17. The fourth-order valence-corrected chi connectivity index (χ4v) is 2.15. The third-order valence-corrected chi connectivity index (χ3v) is 3.27. The van der Waals surface area contributed by atoms with E-state index in [1.54, 1.807) is 0 Å². The van der Waals surface area contributed by atoms with Crippen LogP contribution in [0.3, 0.4) is 0 Å². The molecule has 0 spiro atoms. The van der Waals surface area contributed by atoms with Gasteiger partial charge in [0.25, 0.3) is 0 Å². The number of hydrogen-bond acceptors (Lipinski definition) is 4. The van der Waals surface area contributed by atoms with Gasteiger partial charge in [-0.1, -0.05) is 44.2 Å². The zero-order chi connectivity index (χ0) is 14.4. The molecule has 0 aliphatic rings. The van der Waals surface area contributed by atoms with Gasteiger partial charge in [-0.2, -0.15) is 9.97 Å². The van der Waals surface area contributed by atoms with E-state index in [9.17, 15) is 4.79 Å². The number of halogens is 1. The molecular formula is C13H18ClN5O. The van der Waals surface area contributed by atoms with E-state index >= 15 is 0 Å². The number of nitrogens with zero attached hydrogens (tertiary/aromatic N) is 3. The molecule has 0 saturated carbocycles. The summed E-state index contributed by atoms with van der Waals surface area (Å²) in [7, 11) is 0. The van der Waals surface area contributed by atoms with Gasteiger partial charge in [0.1, 0.15) is 5.52 Å². The van der Waals surface area contributed by atoms with Gasteiger partial charge in [0.05, 0.1) is 6.33 Å². The molecule has 0 saturated heterocycles. The number of aromatic nitrogens is 4. The molecule has 2 aromatic heterocycles. The van der Waals surface area contributed by atoms with Crippen LogP contribution in [-0.2, 0) is 4.79 Å². The maximum atomic E-state index is 11.8. The van der Waals surface area contributed by atoms with Crippen LogP contribution in [0.15, 0.2) is 6.33 Å². The first kappa shape index (κ1) is 14.7. The number of carbonyl (C=O) groups is 1. The van der Waals surface area contributed by atoms with Crippen molar-refractivity contribution in [2.24, 2.45) is 0 Å². The van der Waals surface area contributed by atoms with Crippen molar-refractivity contribution in [2.45, 2.75) is 45.4 Å². The molecular weight excluding hydrogens is 278 g/mol. The lowest BCUT2D eigenvalue weighted by molar-refractivity contribution is -0.116. The summed E-state index contributed by atoms with van der Waals surface area (Å²) in [5.41, 5.74) is 1.02. The highest BCUT2D eigenvalue weighted by Crippen LogP contribution is 2.18. The third kappa shape index (κ3) is 3.90. The molecule has 0 fully saturated rings. The summed E-state index contributed by atoms with van der Waals surface area (Å²) in [4.78, 5) is 26.8. The van der Waals surface area contributed by atoms with Gasteiger partial charge in [-0.25, -0.2) is 4.98 Å². The first-order chi connectivity index (χ1) is 9.70. The highest BCUT2D eigenvalue weighted by atomic mass is 35.5. The number of amides is 1. The van der Waals surface area contributed by atoms with Crippen LogP contribution >= 0.6 is 11.6 Å². The molecule has 0 unspecified atom stereocenters. The molecule has 0 bridgehead atoms. The van der Waals surface area contributed by atoms with Crippen LogP contribution in [0.5, 0.6) is 0 Å². The molecule has 7 heteroatoms. The van der Waals surface area contributed by atoms with Crippen LogP contribution in [0.1, 0.15) is 45.4 Å². The van der Waals surface area contributed by atoms with Crippen LogP contribution in [0.25, 0.3) is 11.2 Å². The molecule has 0 atom stereocenters. The monoisotopic (exact) mass is 295 g/mol. The zero-order valence-electron chi connectivity index (χ0n) is 11.4. The van der Waals surface area contributed by atoms with Crippen molar-refractivity contribution >= 4 is 34.6 Å². The molecule has 0 aliphatic carbocycles. The summed E-state index contributed by atoms with van der Waals surface area (Å²) in [6, 6.07) is 0. The predicted molar refractivity (Wildman–Crippen MR) is 78.7 cm³/mol. The van der Waals surface area contributed by atoms with Crippen molar-refractivity contribution in [1.29, 1.82) is 0 Å². The number of rotatable bonds is 7. The second-order valence-electron chi connectivity index (χ2n) is 4.65. The highest BCUT2D eigenvalue weighted by Gasteiger charge is 2.10. The Morgan fingerprint density at radius 2 is 2.10 bits per heavy atom. The Hall–Kier alpha value is -1.69. The van der Waals surface area contributed by atoms with E-state index in [4.69, 9.17) is 11.6 Å². The first-order valence-corrected chi connectivity index (χ1v) is 7.25. The third-order valence-electron chi connectivity index (χ3n) is 3.00. The topological polar surface area (TPSA) is 83.6 Å². The van der Waals surface area contributed by atoms with Crippen molar-refractivity contribution in [2.75, 3.05) is 5.32 Å². The number of imidazole rings is 1. The smallest absolute Gasteiger partial charge is 0.233 e. The lowest BCUT2D eigenvalue weighted by Crippen LogP contribution is -2.13. The number of unbranched alkanes of at least 4 members (excludes halogenated alkanes) is 4. The van der Waals surface area contributed by atoms with Crippen LogP contribution in [0.2, 0.25) is 5.15 Å². The van der Waals surface area contributed by atoms with Crippen LogP contribution < -0.4 is 5.32 Å². The molecule has 2 aromatic rings. The fraction of sp³-hybridized carbons (Fsp3) is 0.538. The van der Waals surface area contributed by atoms with Crippen molar-refractivity contribution in [3.05, 3.63) is 11.5 Å². The minimum atomic E-state index is -0.0903. The molecule has 6 nitrogen and oxygen atoms in total. The van der Waals surface area contributed by atoms with Crippen LogP contribution in [0, 0.1) is 0 Å². The summed E-state index contributed by atoms with van der Waals surface area (Å²) >= 11 is 5.97. The first-order valence-electron chi connectivity index (χ1n) is 6.87. The highest BCUT2D eigenvalue weighted by molar-refractivity contribution is 6.33. The average Bonchev–Trinajstić information content (AvgIpc) is 2.87. The second kappa shape index (κ2) is 7.19. The Bertz CT molecular complexity index is 583. The van der Waals surface area contributed by atoms with Crippen molar-refractivity contribution in [3.63, 3.8) is 0 Å². The predicted octanol–water partition coefficient (Wildman–Crippen LogP) is 3.31. The van der Waals surface area contributed by atoms with E-state index in [2.05, 4.69) is 32.2 Å². The number of hydrogen-bond donors (Lipinski definition) is 2. The molecule has 0 aromatic carbocycles. The summed E-state index contributed by atoms with van der Waals surface area (Å²) < 4.78 is 0. The van der Waals surface area contributed by atoms with Gasteiger partial charge in [0.15, 0.2) is 10.8 Å². The van der Waals surface area contributed by atoms with Gasteiger partial charge in [-0.3, -0.25) is 10.1 Å². The van der Waals surface area contributed by atoms with Crippen molar-refractivity contribution in [3.8, 4) is 0 Å². The van der Waals surface area contributed by atoms with Crippen LogP contribution in [0.4, 0.5) is 5.95 Å². The number of aromatic amines is 1. The second-order valence-corrected chi connectivity index (χ2v) is 5.01. The van der Waals surface area contributed by atoms with Crippen LogP contribution in [-0.4, -0.2) is 25.8 Å².